The average Bonchev–Trinajstić information content (AvgIpc) is 3.19. The highest BCUT2D eigenvalue weighted by Crippen LogP contribution is 2.49. The summed E-state index contributed by atoms with van der Waals surface area (Å²) in [5.74, 6) is 0. The summed E-state index contributed by atoms with van der Waals surface area (Å²) >= 11 is 0. The molecule has 0 spiro atoms. The summed E-state index contributed by atoms with van der Waals surface area (Å²) in [7, 11) is 0. The molecule has 3 nitrogen and oxygen atoms in total. The number of hydrogen-bond donors (Lipinski definition) is 2. The second kappa shape index (κ2) is 3.08. The summed E-state index contributed by atoms with van der Waals surface area (Å²) in [6.07, 6.45) is 4.46. The van der Waals surface area contributed by atoms with Crippen molar-refractivity contribution in [3.63, 3.8) is 0 Å². The Morgan fingerprint density at radius 3 is 2.44 bits per heavy atom. The highest BCUT2D eigenvalue weighted by atomic mass is 16.3. The van der Waals surface area contributed by atoms with Crippen LogP contribution in [-0.4, -0.2) is 11.5 Å². The van der Waals surface area contributed by atoms with Gasteiger partial charge in [-0.3, -0.25) is 4.79 Å². The van der Waals surface area contributed by atoms with Crippen LogP contribution in [0.15, 0.2) is 24.3 Å². The second-order valence-electron chi connectivity index (χ2n) is 4.96. The Hall–Kier alpha value is -1.35. The number of benzene rings is 1. The van der Waals surface area contributed by atoms with E-state index in [4.69, 9.17) is 0 Å². The minimum atomic E-state index is -0.590. The van der Waals surface area contributed by atoms with Crippen molar-refractivity contribution in [1.29, 1.82) is 0 Å². The standard InChI is InChI=1S/C13H15NO2/c15-9-14-12(4-5-12)10-2-1-3-11(8-10)13(16)6-7-13/h1-3,8-9,16H,4-7H2,(H,14,15). The lowest BCUT2D eigenvalue weighted by Crippen LogP contribution is -2.27. The zero-order valence-electron chi connectivity index (χ0n) is 9.07. The molecule has 1 amide bonds. The third-order valence-corrected chi connectivity index (χ3v) is 3.76. The molecule has 16 heavy (non-hydrogen) atoms. The van der Waals surface area contributed by atoms with Gasteiger partial charge in [0.05, 0.1) is 11.1 Å². The Morgan fingerprint density at radius 1 is 1.19 bits per heavy atom. The summed E-state index contributed by atoms with van der Waals surface area (Å²) in [6.45, 7) is 0. The van der Waals surface area contributed by atoms with Crippen LogP contribution in [0.2, 0.25) is 0 Å². The van der Waals surface area contributed by atoms with Gasteiger partial charge in [-0.05, 0) is 36.8 Å². The summed E-state index contributed by atoms with van der Waals surface area (Å²) in [5, 5.41) is 12.9. The van der Waals surface area contributed by atoms with Gasteiger partial charge in [0.1, 0.15) is 0 Å². The van der Waals surface area contributed by atoms with Crippen LogP contribution in [0.5, 0.6) is 0 Å². The fourth-order valence-corrected chi connectivity index (χ4v) is 2.27. The number of aliphatic hydroxyl groups is 1. The van der Waals surface area contributed by atoms with Crippen molar-refractivity contribution in [1.82, 2.24) is 5.32 Å². The molecule has 1 aromatic rings. The molecule has 0 radical (unpaired) electrons. The number of amides is 1. The van der Waals surface area contributed by atoms with Gasteiger partial charge in [0.15, 0.2) is 0 Å². The minimum absolute atomic E-state index is 0.150. The van der Waals surface area contributed by atoms with E-state index in [9.17, 15) is 9.90 Å². The second-order valence-corrected chi connectivity index (χ2v) is 4.96. The summed E-state index contributed by atoms with van der Waals surface area (Å²) in [6, 6.07) is 8.00. The van der Waals surface area contributed by atoms with E-state index in [0.717, 1.165) is 43.2 Å². The molecule has 0 aromatic heterocycles. The van der Waals surface area contributed by atoms with Gasteiger partial charge < -0.3 is 10.4 Å². The summed E-state index contributed by atoms with van der Waals surface area (Å²) in [5.41, 5.74) is 1.37. The molecule has 2 saturated carbocycles. The predicted octanol–water partition coefficient (Wildman–Crippen LogP) is 1.40. The van der Waals surface area contributed by atoms with Crippen LogP contribution in [0, 0.1) is 0 Å². The lowest BCUT2D eigenvalue weighted by Gasteiger charge is -2.17. The van der Waals surface area contributed by atoms with E-state index in [1.165, 1.54) is 0 Å². The van der Waals surface area contributed by atoms with Crippen LogP contribution < -0.4 is 5.32 Å². The molecule has 2 aliphatic carbocycles. The average molecular weight is 217 g/mol. The molecular weight excluding hydrogens is 202 g/mol. The maximum Gasteiger partial charge on any atom is 0.207 e. The van der Waals surface area contributed by atoms with Crippen molar-refractivity contribution >= 4 is 6.41 Å². The van der Waals surface area contributed by atoms with Crippen LogP contribution in [0.1, 0.15) is 36.8 Å². The molecule has 2 N–H and O–H groups in total. The maximum absolute atomic E-state index is 10.6. The first-order valence-electron chi connectivity index (χ1n) is 5.73. The minimum Gasteiger partial charge on any atom is -0.385 e. The van der Waals surface area contributed by atoms with Gasteiger partial charge in [0, 0.05) is 0 Å². The molecule has 0 aliphatic heterocycles. The van der Waals surface area contributed by atoms with E-state index in [2.05, 4.69) is 5.32 Å². The molecule has 2 fully saturated rings. The van der Waals surface area contributed by atoms with Crippen molar-refractivity contribution in [2.75, 3.05) is 0 Å². The Morgan fingerprint density at radius 2 is 1.88 bits per heavy atom. The first kappa shape index (κ1) is 9.85. The molecule has 3 heteroatoms. The van der Waals surface area contributed by atoms with Crippen molar-refractivity contribution < 1.29 is 9.90 Å². The molecule has 0 atom stereocenters. The molecule has 0 bridgehead atoms. The number of nitrogens with one attached hydrogen (secondary N) is 1. The van der Waals surface area contributed by atoms with Gasteiger partial charge in [-0.1, -0.05) is 24.3 Å². The topological polar surface area (TPSA) is 49.3 Å². The molecule has 0 saturated heterocycles. The SMILES string of the molecule is O=CNC1(c2cccc(C3(O)CC3)c2)CC1. The van der Waals surface area contributed by atoms with Crippen molar-refractivity contribution in [2.24, 2.45) is 0 Å². The van der Waals surface area contributed by atoms with Crippen molar-refractivity contribution in [3.8, 4) is 0 Å². The molecule has 3 rings (SSSR count). The first-order valence-corrected chi connectivity index (χ1v) is 5.73. The first-order chi connectivity index (χ1) is 7.69. The largest absolute Gasteiger partial charge is 0.385 e. The van der Waals surface area contributed by atoms with E-state index in [-0.39, 0.29) is 5.54 Å². The third kappa shape index (κ3) is 1.43. The zero-order valence-corrected chi connectivity index (χ0v) is 9.07. The Balaban J connectivity index is 1.93. The van der Waals surface area contributed by atoms with Crippen LogP contribution in [-0.2, 0) is 15.9 Å². The number of rotatable bonds is 4. The highest BCUT2D eigenvalue weighted by Gasteiger charge is 2.46. The maximum atomic E-state index is 10.6. The fraction of sp³-hybridized carbons (Fsp3) is 0.462. The van der Waals surface area contributed by atoms with E-state index < -0.39 is 5.60 Å². The predicted molar refractivity (Wildman–Crippen MR) is 59.7 cm³/mol. The lowest BCUT2D eigenvalue weighted by molar-refractivity contribution is -0.110. The normalized spacial score (nSPS) is 23.6. The van der Waals surface area contributed by atoms with Crippen LogP contribution in [0.25, 0.3) is 0 Å². The summed E-state index contributed by atoms with van der Waals surface area (Å²) < 4.78 is 0. The van der Waals surface area contributed by atoms with Crippen molar-refractivity contribution in [3.05, 3.63) is 35.4 Å². The molecule has 0 unspecified atom stereocenters. The van der Waals surface area contributed by atoms with Gasteiger partial charge in [-0.25, -0.2) is 0 Å². The van der Waals surface area contributed by atoms with Gasteiger partial charge in [-0.2, -0.15) is 0 Å². The summed E-state index contributed by atoms with van der Waals surface area (Å²) in [4.78, 5) is 10.6. The van der Waals surface area contributed by atoms with Crippen LogP contribution >= 0.6 is 0 Å². The van der Waals surface area contributed by atoms with Crippen molar-refractivity contribution in [2.45, 2.75) is 36.8 Å². The van der Waals surface area contributed by atoms with Crippen LogP contribution in [0.4, 0.5) is 0 Å². The van der Waals surface area contributed by atoms with Gasteiger partial charge in [0.25, 0.3) is 0 Å². The van der Waals surface area contributed by atoms with E-state index >= 15 is 0 Å². The lowest BCUT2D eigenvalue weighted by atomic mass is 9.99. The fourth-order valence-electron chi connectivity index (χ4n) is 2.27. The number of hydrogen-bond acceptors (Lipinski definition) is 2. The molecule has 1 aromatic carbocycles. The number of carbonyl (C=O) groups excluding carboxylic acids is 1. The molecule has 84 valence electrons. The molecule has 0 heterocycles. The van der Waals surface area contributed by atoms with E-state index in [0.29, 0.717) is 0 Å². The van der Waals surface area contributed by atoms with E-state index in [1.807, 2.05) is 24.3 Å². The highest BCUT2D eigenvalue weighted by molar-refractivity contribution is 5.52. The number of carbonyl (C=O) groups is 1. The van der Waals surface area contributed by atoms with Gasteiger partial charge >= 0.3 is 0 Å². The Bertz CT molecular complexity index is 433. The Kier molecular flexibility index (Phi) is 1.89. The third-order valence-electron chi connectivity index (χ3n) is 3.76. The zero-order chi connectivity index (χ0) is 11.2. The van der Waals surface area contributed by atoms with Crippen LogP contribution in [0.3, 0.4) is 0 Å². The van der Waals surface area contributed by atoms with E-state index in [1.54, 1.807) is 0 Å². The Labute approximate surface area is 94.5 Å². The van der Waals surface area contributed by atoms with Gasteiger partial charge in [0.2, 0.25) is 6.41 Å². The molecule has 2 aliphatic rings. The van der Waals surface area contributed by atoms with Gasteiger partial charge in [-0.15, -0.1) is 0 Å². The molecular formula is C13H15NO2. The quantitative estimate of drug-likeness (QED) is 0.749. The monoisotopic (exact) mass is 217 g/mol. The smallest absolute Gasteiger partial charge is 0.207 e.